The van der Waals surface area contributed by atoms with Gasteiger partial charge in [-0.1, -0.05) is 22.6 Å². The van der Waals surface area contributed by atoms with Crippen LogP contribution in [0.1, 0.15) is 13.3 Å². The Labute approximate surface area is 79.4 Å². The summed E-state index contributed by atoms with van der Waals surface area (Å²) in [5, 5.41) is 0. The second kappa shape index (κ2) is 3.16. The minimum Gasteiger partial charge on any atom is -0.374 e. The molecule has 0 spiro atoms. The van der Waals surface area contributed by atoms with Gasteiger partial charge in [-0.2, -0.15) is 0 Å². The lowest BCUT2D eigenvalue weighted by Gasteiger charge is -2.32. The highest BCUT2D eigenvalue weighted by molar-refractivity contribution is 14.1. The lowest BCUT2D eigenvalue weighted by atomic mass is 10.1. The fourth-order valence-corrected chi connectivity index (χ4v) is 2.26. The van der Waals surface area contributed by atoms with E-state index in [1.54, 1.807) is 0 Å². The van der Waals surface area contributed by atoms with Gasteiger partial charge in [0.05, 0.1) is 3.92 Å². The Kier molecular flexibility index (Phi) is 2.36. The molecule has 4 heteroatoms. The average molecular weight is 270 g/mol. The predicted molar refractivity (Wildman–Crippen MR) is 47.6 cm³/mol. The van der Waals surface area contributed by atoms with Crippen LogP contribution in [0.25, 0.3) is 0 Å². The van der Waals surface area contributed by atoms with E-state index in [9.17, 15) is 0 Å². The third kappa shape index (κ3) is 1.41. The predicted octanol–water partition coefficient (Wildman–Crippen LogP) is 1.30. The highest BCUT2D eigenvalue weighted by Crippen LogP contribution is 2.32. The Bertz CT molecular complexity index is 153. The summed E-state index contributed by atoms with van der Waals surface area (Å²) in [5.74, 6) is 0. The maximum atomic E-state index is 5.53. The lowest BCUT2D eigenvalue weighted by molar-refractivity contribution is -0.375. The van der Waals surface area contributed by atoms with Gasteiger partial charge >= 0.3 is 0 Å². The summed E-state index contributed by atoms with van der Waals surface area (Å²) in [5.41, 5.74) is 0. The highest BCUT2D eigenvalue weighted by atomic mass is 127. The molecule has 2 aliphatic heterocycles. The molecule has 0 radical (unpaired) electrons. The molecule has 0 aliphatic carbocycles. The van der Waals surface area contributed by atoms with Crippen molar-refractivity contribution < 1.29 is 14.5 Å². The van der Waals surface area contributed by atoms with Gasteiger partial charge in [0.25, 0.3) is 0 Å². The van der Waals surface area contributed by atoms with E-state index in [1.165, 1.54) is 0 Å². The van der Waals surface area contributed by atoms with Crippen molar-refractivity contribution in [3.05, 3.63) is 0 Å². The second-order valence-corrected chi connectivity index (χ2v) is 4.44. The first-order valence-electron chi connectivity index (χ1n) is 3.87. The van der Waals surface area contributed by atoms with Crippen molar-refractivity contribution in [1.82, 2.24) is 0 Å². The quantitative estimate of drug-likeness (QED) is 0.377. The van der Waals surface area contributed by atoms with Gasteiger partial charge in [0.15, 0.2) is 0 Å². The molecule has 2 fully saturated rings. The summed E-state index contributed by atoms with van der Waals surface area (Å²) >= 11 is 2.37. The van der Waals surface area contributed by atoms with E-state index in [0.717, 1.165) is 13.0 Å². The zero-order valence-corrected chi connectivity index (χ0v) is 8.48. The summed E-state index contributed by atoms with van der Waals surface area (Å²) in [4.78, 5) is 10.3. The van der Waals surface area contributed by atoms with Gasteiger partial charge in [0.2, 0.25) is 0 Å². The number of rotatable bonds is 0. The second-order valence-electron chi connectivity index (χ2n) is 3.00. The molecule has 0 saturated carbocycles. The number of alkyl halides is 1. The number of hydrogen-bond donors (Lipinski definition) is 0. The third-order valence-electron chi connectivity index (χ3n) is 2.17. The van der Waals surface area contributed by atoms with Crippen LogP contribution in [0.3, 0.4) is 0 Å². The maximum absolute atomic E-state index is 5.53. The molecule has 0 N–H and O–H groups in total. The van der Waals surface area contributed by atoms with Crippen LogP contribution in [0.5, 0.6) is 0 Å². The molecule has 2 saturated heterocycles. The largest absolute Gasteiger partial charge is 0.374 e. The lowest BCUT2D eigenvalue weighted by Crippen LogP contribution is -2.45. The standard InChI is InChI=1S/C7H11IO3/c1-4-6(8)7-5(11-10-4)2-3-9-7/h4-7H,2-3H2,1H3/t4-,5+,6?,7-/m1/s1. The topological polar surface area (TPSA) is 27.7 Å². The molecule has 1 unspecified atom stereocenters. The van der Waals surface area contributed by atoms with Gasteiger partial charge in [-0.3, -0.25) is 0 Å². The molecule has 0 aromatic carbocycles. The van der Waals surface area contributed by atoms with Crippen LogP contribution < -0.4 is 0 Å². The summed E-state index contributed by atoms with van der Waals surface area (Å²) in [6.07, 6.45) is 1.54. The van der Waals surface area contributed by atoms with E-state index in [4.69, 9.17) is 14.5 Å². The Morgan fingerprint density at radius 2 is 2.18 bits per heavy atom. The zero-order chi connectivity index (χ0) is 7.84. The van der Waals surface area contributed by atoms with Crippen LogP contribution in [0.15, 0.2) is 0 Å². The Balaban J connectivity index is 2.06. The van der Waals surface area contributed by atoms with Crippen molar-refractivity contribution in [1.29, 1.82) is 0 Å². The van der Waals surface area contributed by atoms with Gasteiger partial charge in [0.1, 0.15) is 18.3 Å². The smallest absolute Gasteiger partial charge is 0.122 e. The van der Waals surface area contributed by atoms with Crippen molar-refractivity contribution in [2.75, 3.05) is 6.61 Å². The van der Waals surface area contributed by atoms with Crippen molar-refractivity contribution in [2.45, 2.75) is 35.6 Å². The van der Waals surface area contributed by atoms with Crippen molar-refractivity contribution in [3.63, 3.8) is 0 Å². The van der Waals surface area contributed by atoms with E-state index in [-0.39, 0.29) is 18.3 Å². The Morgan fingerprint density at radius 1 is 1.36 bits per heavy atom. The first kappa shape index (κ1) is 8.22. The Hall–Kier alpha value is 0.610. The molecular formula is C7H11IO3. The normalized spacial score (nSPS) is 50.7. The summed E-state index contributed by atoms with van der Waals surface area (Å²) in [6.45, 7) is 2.82. The third-order valence-corrected chi connectivity index (χ3v) is 3.89. The summed E-state index contributed by atoms with van der Waals surface area (Å²) < 4.78 is 5.95. The number of fused-ring (bicyclic) bond motifs is 1. The first-order chi connectivity index (χ1) is 5.29. The number of ether oxygens (including phenoxy) is 1. The van der Waals surface area contributed by atoms with Gasteiger partial charge < -0.3 is 4.74 Å². The van der Waals surface area contributed by atoms with Crippen molar-refractivity contribution in [2.24, 2.45) is 0 Å². The summed E-state index contributed by atoms with van der Waals surface area (Å²) in [7, 11) is 0. The van der Waals surface area contributed by atoms with Crippen LogP contribution in [0.4, 0.5) is 0 Å². The molecule has 0 aromatic rings. The van der Waals surface area contributed by atoms with E-state index < -0.39 is 0 Å². The molecule has 11 heavy (non-hydrogen) atoms. The molecule has 0 amide bonds. The molecule has 64 valence electrons. The van der Waals surface area contributed by atoms with Gasteiger partial charge in [-0.25, -0.2) is 9.78 Å². The van der Waals surface area contributed by atoms with Gasteiger partial charge in [-0.05, 0) is 6.92 Å². The summed E-state index contributed by atoms with van der Waals surface area (Å²) in [6, 6.07) is 0. The van der Waals surface area contributed by atoms with Gasteiger partial charge in [-0.15, -0.1) is 0 Å². The Morgan fingerprint density at radius 3 is 3.00 bits per heavy atom. The van der Waals surface area contributed by atoms with Gasteiger partial charge in [0, 0.05) is 13.0 Å². The van der Waals surface area contributed by atoms with E-state index in [0.29, 0.717) is 3.92 Å². The van der Waals surface area contributed by atoms with Crippen LogP contribution in [-0.2, 0) is 14.5 Å². The SMILES string of the molecule is C[C@H]1OO[C@H]2CCO[C@H]2C1I. The zero-order valence-electron chi connectivity index (χ0n) is 6.33. The van der Waals surface area contributed by atoms with E-state index >= 15 is 0 Å². The molecule has 0 bridgehead atoms. The molecule has 2 heterocycles. The van der Waals surface area contributed by atoms with E-state index in [1.807, 2.05) is 6.92 Å². The molecular weight excluding hydrogens is 259 g/mol. The first-order valence-corrected chi connectivity index (χ1v) is 5.11. The monoisotopic (exact) mass is 270 g/mol. The molecule has 2 aliphatic rings. The van der Waals surface area contributed by atoms with E-state index in [2.05, 4.69) is 22.6 Å². The maximum Gasteiger partial charge on any atom is 0.122 e. The van der Waals surface area contributed by atoms with Crippen LogP contribution in [0, 0.1) is 0 Å². The number of hydrogen-bond acceptors (Lipinski definition) is 3. The van der Waals surface area contributed by atoms with Crippen LogP contribution in [0.2, 0.25) is 0 Å². The van der Waals surface area contributed by atoms with Crippen molar-refractivity contribution in [3.8, 4) is 0 Å². The number of halogens is 1. The fourth-order valence-electron chi connectivity index (χ4n) is 1.47. The fraction of sp³-hybridized carbons (Fsp3) is 1.00. The van der Waals surface area contributed by atoms with Crippen molar-refractivity contribution >= 4 is 22.6 Å². The van der Waals surface area contributed by atoms with Crippen LogP contribution >= 0.6 is 22.6 Å². The molecule has 0 aromatic heterocycles. The average Bonchev–Trinajstić information content (AvgIpc) is 2.45. The molecule has 3 nitrogen and oxygen atoms in total. The molecule has 4 atom stereocenters. The molecule has 2 rings (SSSR count). The van der Waals surface area contributed by atoms with Crippen LogP contribution in [-0.4, -0.2) is 28.8 Å². The minimum absolute atomic E-state index is 0.148. The minimum atomic E-state index is 0.148. The highest BCUT2D eigenvalue weighted by Gasteiger charge is 2.42.